The summed E-state index contributed by atoms with van der Waals surface area (Å²) < 4.78 is 0. The van der Waals surface area contributed by atoms with Crippen LogP contribution >= 0.6 is 0 Å². The highest BCUT2D eigenvalue weighted by atomic mass is 16.3. The number of para-hydroxylation sites is 1. The highest BCUT2D eigenvalue weighted by molar-refractivity contribution is 5.70. The fourth-order valence-corrected chi connectivity index (χ4v) is 1.98. The van der Waals surface area contributed by atoms with Crippen LogP contribution in [0.4, 0.5) is 11.4 Å². The molecule has 0 amide bonds. The van der Waals surface area contributed by atoms with E-state index in [2.05, 4.69) is 5.32 Å². The van der Waals surface area contributed by atoms with Crippen molar-refractivity contribution < 1.29 is 5.11 Å². The van der Waals surface area contributed by atoms with Crippen molar-refractivity contribution in [3.05, 3.63) is 59.7 Å². The fourth-order valence-electron chi connectivity index (χ4n) is 1.98. The summed E-state index contributed by atoms with van der Waals surface area (Å²) in [7, 11) is 0. The second-order valence-corrected chi connectivity index (χ2v) is 4.33. The van der Waals surface area contributed by atoms with Crippen LogP contribution in [-0.4, -0.2) is 11.7 Å². The Morgan fingerprint density at radius 3 is 2.44 bits per heavy atom. The highest BCUT2D eigenvalue weighted by Crippen LogP contribution is 2.27. The molecule has 18 heavy (non-hydrogen) atoms. The van der Waals surface area contributed by atoms with Gasteiger partial charge in [-0.05, 0) is 24.1 Å². The van der Waals surface area contributed by atoms with Crippen LogP contribution in [0.2, 0.25) is 0 Å². The second kappa shape index (κ2) is 5.56. The lowest BCUT2D eigenvalue weighted by molar-refractivity contribution is 0.276. The number of aliphatic hydroxyl groups excluding tert-OH is 1. The van der Waals surface area contributed by atoms with E-state index >= 15 is 0 Å². The van der Waals surface area contributed by atoms with Gasteiger partial charge < -0.3 is 16.2 Å². The molecule has 3 nitrogen and oxygen atoms in total. The molecule has 2 aromatic rings. The molecule has 0 heterocycles. The third-order valence-electron chi connectivity index (χ3n) is 3.01. The molecule has 0 aliphatic rings. The van der Waals surface area contributed by atoms with Crippen LogP contribution in [0.15, 0.2) is 48.5 Å². The van der Waals surface area contributed by atoms with E-state index in [-0.39, 0.29) is 12.6 Å². The van der Waals surface area contributed by atoms with Crippen LogP contribution < -0.4 is 11.1 Å². The quantitative estimate of drug-likeness (QED) is 0.722. The molecule has 0 aliphatic carbocycles. The lowest BCUT2D eigenvalue weighted by Gasteiger charge is -2.20. The molecule has 2 rings (SSSR count). The summed E-state index contributed by atoms with van der Waals surface area (Å²) in [5.74, 6) is 0. The van der Waals surface area contributed by atoms with Gasteiger partial charge in [0.25, 0.3) is 0 Å². The average molecular weight is 242 g/mol. The van der Waals surface area contributed by atoms with Crippen molar-refractivity contribution in [3.8, 4) is 0 Å². The molecule has 0 saturated heterocycles. The van der Waals surface area contributed by atoms with Gasteiger partial charge in [0.05, 0.1) is 24.0 Å². The summed E-state index contributed by atoms with van der Waals surface area (Å²) in [4.78, 5) is 0. The Kier molecular flexibility index (Phi) is 3.85. The van der Waals surface area contributed by atoms with Crippen molar-refractivity contribution in [2.45, 2.75) is 13.0 Å². The normalized spacial score (nSPS) is 12.1. The predicted octanol–water partition coefficient (Wildman–Crippen LogP) is 2.72. The molecule has 0 radical (unpaired) electrons. The minimum absolute atomic E-state index is 0.0256. The van der Waals surface area contributed by atoms with Crippen LogP contribution in [0.3, 0.4) is 0 Å². The van der Waals surface area contributed by atoms with E-state index in [0.29, 0.717) is 5.69 Å². The van der Waals surface area contributed by atoms with Crippen LogP contribution in [0.25, 0.3) is 0 Å². The summed E-state index contributed by atoms with van der Waals surface area (Å²) in [5, 5.41) is 12.8. The maximum atomic E-state index is 9.52. The Bertz CT molecular complexity index is 491. The molecule has 0 aromatic heterocycles. The minimum atomic E-state index is -0.144. The number of aliphatic hydroxyl groups is 1. The zero-order valence-electron chi connectivity index (χ0n) is 10.4. The summed E-state index contributed by atoms with van der Waals surface area (Å²) in [5.41, 5.74) is 9.66. The topological polar surface area (TPSA) is 58.3 Å². The van der Waals surface area contributed by atoms with E-state index in [1.165, 1.54) is 0 Å². The largest absolute Gasteiger partial charge is 0.397 e. The Balaban J connectivity index is 2.26. The Morgan fingerprint density at radius 1 is 1.11 bits per heavy atom. The van der Waals surface area contributed by atoms with Gasteiger partial charge in [0, 0.05) is 0 Å². The molecule has 1 atom stereocenters. The van der Waals surface area contributed by atoms with E-state index in [9.17, 15) is 5.11 Å². The summed E-state index contributed by atoms with van der Waals surface area (Å²) in [6.45, 7) is 2.02. The highest BCUT2D eigenvalue weighted by Gasteiger charge is 2.12. The molecule has 0 fully saturated rings. The molecule has 4 N–H and O–H groups in total. The summed E-state index contributed by atoms with van der Waals surface area (Å²) in [6.07, 6.45) is 0. The van der Waals surface area contributed by atoms with Crippen LogP contribution in [0.5, 0.6) is 0 Å². The SMILES string of the molecule is Cc1cccc(N)c1NC(CO)c1ccccc1. The molecule has 0 spiro atoms. The van der Waals surface area contributed by atoms with Crippen molar-refractivity contribution in [3.63, 3.8) is 0 Å². The monoisotopic (exact) mass is 242 g/mol. The van der Waals surface area contributed by atoms with E-state index in [4.69, 9.17) is 5.73 Å². The Hall–Kier alpha value is -2.00. The van der Waals surface area contributed by atoms with Crippen LogP contribution in [0.1, 0.15) is 17.2 Å². The number of aryl methyl sites for hydroxylation is 1. The number of hydrogen-bond acceptors (Lipinski definition) is 3. The third kappa shape index (κ3) is 2.63. The molecule has 0 saturated carbocycles. The van der Waals surface area contributed by atoms with Crippen LogP contribution in [-0.2, 0) is 0 Å². The standard InChI is InChI=1S/C15H18N2O/c1-11-6-5-9-13(16)15(11)17-14(10-18)12-7-3-2-4-8-12/h2-9,14,17-18H,10,16H2,1H3. The first-order valence-corrected chi connectivity index (χ1v) is 6.00. The number of benzene rings is 2. The molecular weight excluding hydrogens is 224 g/mol. The van der Waals surface area contributed by atoms with Gasteiger partial charge in [-0.1, -0.05) is 42.5 Å². The minimum Gasteiger partial charge on any atom is -0.397 e. The van der Waals surface area contributed by atoms with Gasteiger partial charge in [-0.25, -0.2) is 0 Å². The second-order valence-electron chi connectivity index (χ2n) is 4.33. The molecule has 0 bridgehead atoms. The lowest BCUT2D eigenvalue weighted by Crippen LogP contribution is -2.16. The molecule has 0 aliphatic heterocycles. The third-order valence-corrected chi connectivity index (χ3v) is 3.01. The maximum Gasteiger partial charge on any atom is 0.0745 e. The number of hydrogen-bond donors (Lipinski definition) is 3. The molecule has 3 heteroatoms. The molecule has 2 aromatic carbocycles. The average Bonchev–Trinajstić information content (AvgIpc) is 2.40. The van der Waals surface area contributed by atoms with Gasteiger partial charge in [-0.15, -0.1) is 0 Å². The van der Waals surface area contributed by atoms with Gasteiger partial charge in [0.15, 0.2) is 0 Å². The zero-order chi connectivity index (χ0) is 13.0. The first-order chi connectivity index (χ1) is 8.72. The zero-order valence-corrected chi connectivity index (χ0v) is 10.4. The number of anilines is 2. The number of nitrogens with two attached hydrogens (primary N) is 1. The molecular formula is C15H18N2O. The Labute approximate surface area is 107 Å². The van der Waals surface area contributed by atoms with E-state index < -0.39 is 0 Å². The van der Waals surface area contributed by atoms with Crippen molar-refractivity contribution in [2.75, 3.05) is 17.7 Å². The number of nitrogen functional groups attached to an aromatic ring is 1. The smallest absolute Gasteiger partial charge is 0.0745 e. The van der Waals surface area contributed by atoms with E-state index in [1.807, 2.05) is 55.5 Å². The summed E-state index contributed by atoms with van der Waals surface area (Å²) in [6, 6.07) is 15.5. The van der Waals surface area contributed by atoms with Gasteiger partial charge in [0.1, 0.15) is 0 Å². The molecule has 94 valence electrons. The van der Waals surface area contributed by atoms with Gasteiger partial charge in [0.2, 0.25) is 0 Å². The van der Waals surface area contributed by atoms with Gasteiger partial charge >= 0.3 is 0 Å². The fraction of sp³-hybridized carbons (Fsp3) is 0.200. The van der Waals surface area contributed by atoms with Crippen molar-refractivity contribution in [1.29, 1.82) is 0 Å². The van der Waals surface area contributed by atoms with E-state index in [1.54, 1.807) is 0 Å². The number of rotatable bonds is 4. The first kappa shape index (κ1) is 12.5. The number of nitrogens with one attached hydrogen (secondary N) is 1. The first-order valence-electron chi connectivity index (χ1n) is 6.00. The van der Waals surface area contributed by atoms with Crippen molar-refractivity contribution in [2.24, 2.45) is 0 Å². The van der Waals surface area contributed by atoms with E-state index in [0.717, 1.165) is 16.8 Å². The van der Waals surface area contributed by atoms with Crippen LogP contribution in [0, 0.1) is 6.92 Å². The van der Waals surface area contributed by atoms with Crippen molar-refractivity contribution >= 4 is 11.4 Å². The van der Waals surface area contributed by atoms with Gasteiger partial charge in [-0.2, -0.15) is 0 Å². The Morgan fingerprint density at radius 2 is 1.83 bits per heavy atom. The predicted molar refractivity (Wildman–Crippen MR) is 75.5 cm³/mol. The van der Waals surface area contributed by atoms with Crippen molar-refractivity contribution in [1.82, 2.24) is 0 Å². The summed E-state index contributed by atoms with van der Waals surface area (Å²) >= 11 is 0. The van der Waals surface area contributed by atoms with Gasteiger partial charge in [-0.3, -0.25) is 0 Å². The lowest BCUT2D eigenvalue weighted by atomic mass is 10.1. The molecule has 1 unspecified atom stereocenters. The maximum absolute atomic E-state index is 9.52.